The maximum Gasteiger partial charge on any atom is 0.263 e. The summed E-state index contributed by atoms with van der Waals surface area (Å²) in [7, 11) is 0. The largest absolute Gasteiger partial charge is 0.372 e. The lowest BCUT2D eigenvalue weighted by molar-refractivity contribution is -0.115. The van der Waals surface area contributed by atoms with Crippen molar-refractivity contribution in [1.82, 2.24) is 5.32 Å². The van der Waals surface area contributed by atoms with Crippen molar-refractivity contribution in [2.75, 3.05) is 18.0 Å². The molecule has 3 nitrogen and oxygen atoms in total. The van der Waals surface area contributed by atoms with Crippen molar-refractivity contribution in [2.45, 2.75) is 25.7 Å². The van der Waals surface area contributed by atoms with Gasteiger partial charge in [-0.05, 0) is 36.6 Å². The third-order valence-electron chi connectivity index (χ3n) is 3.80. The van der Waals surface area contributed by atoms with Crippen LogP contribution in [-0.4, -0.2) is 23.3 Å². The van der Waals surface area contributed by atoms with Crippen molar-refractivity contribution in [3.8, 4) is 0 Å². The molecule has 0 bridgehead atoms. The van der Waals surface area contributed by atoms with Crippen LogP contribution < -0.4 is 10.2 Å². The van der Waals surface area contributed by atoms with Crippen LogP contribution in [-0.2, 0) is 4.79 Å². The maximum atomic E-state index is 11.6. The van der Waals surface area contributed by atoms with Crippen molar-refractivity contribution in [1.29, 1.82) is 0 Å². The Hall–Kier alpha value is -1.33. The molecule has 2 aliphatic heterocycles. The van der Waals surface area contributed by atoms with E-state index in [0.29, 0.717) is 9.23 Å². The van der Waals surface area contributed by atoms with Gasteiger partial charge in [0.2, 0.25) is 0 Å². The SMILES string of the molecule is O=C1NC(=S)S/C1=C\c1ccc(N2CCCCCC2)cc1. The zero-order valence-corrected chi connectivity index (χ0v) is 13.4. The third-order valence-corrected chi connectivity index (χ3v) is 4.97. The van der Waals surface area contributed by atoms with Gasteiger partial charge in [0.1, 0.15) is 4.32 Å². The molecule has 1 amide bonds. The van der Waals surface area contributed by atoms with Crippen LogP contribution in [0.3, 0.4) is 0 Å². The summed E-state index contributed by atoms with van der Waals surface area (Å²) in [6.07, 6.45) is 7.13. The monoisotopic (exact) mass is 318 g/mol. The minimum absolute atomic E-state index is 0.0957. The molecule has 0 spiro atoms. The van der Waals surface area contributed by atoms with Gasteiger partial charge in [-0.3, -0.25) is 4.79 Å². The van der Waals surface area contributed by atoms with E-state index in [9.17, 15) is 4.79 Å². The van der Waals surface area contributed by atoms with Gasteiger partial charge in [0.15, 0.2) is 0 Å². The molecule has 2 saturated heterocycles. The predicted octanol–water partition coefficient (Wildman–Crippen LogP) is 3.56. The molecular weight excluding hydrogens is 300 g/mol. The second-order valence-corrected chi connectivity index (χ2v) is 7.06. The van der Waals surface area contributed by atoms with Gasteiger partial charge in [-0.25, -0.2) is 0 Å². The summed E-state index contributed by atoms with van der Waals surface area (Å²) in [5.74, 6) is -0.0957. The second-order valence-electron chi connectivity index (χ2n) is 5.35. The van der Waals surface area contributed by atoms with Crippen LogP contribution >= 0.6 is 24.0 Å². The predicted molar refractivity (Wildman–Crippen MR) is 93.4 cm³/mol. The van der Waals surface area contributed by atoms with Crippen LogP contribution in [0.1, 0.15) is 31.2 Å². The van der Waals surface area contributed by atoms with Gasteiger partial charge < -0.3 is 10.2 Å². The van der Waals surface area contributed by atoms with E-state index in [2.05, 4.69) is 34.5 Å². The fourth-order valence-corrected chi connectivity index (χ4v) is 3.73. The van der Waals surface area contributed by atoms with E-state index in [4.69, 9.17) is 12.2 Å². The quantitative estimate of drug-likeness (QED) is 0.667. The number of hydrogen-bond donors (Lipinski definition) is 1. The molecule has 2 fully saturated rings. The summed E-state index contributed by atoms with van der Waals surface area (Å²) in [4.78, 5) is 14.8. The molecule has 21 heavy (non-hydrogen) atoms. The van der Waals surface area contributed by atoms with Crippen LogP contribution in [0.15, 0.2) is 29.2 Å². The summed E-state index contributed by atoms with van der Waals surface area (Å²) in [5, 5.41) is 2.64. The first-order chi connectivity index (χ1) is 10.2. The number of nitrogens with one attached hydrogen (secondary N) is 1. The minimum atomic E-state index is -0.0957. The van der Waals surface area contributed by atoms with Crippen LogP contribution in [0.25, 0.3) is 6.08 Å². The smallest absolute Gasteiger partial charge is 0.263 e. The van der Waals surface area contributed by atoms with Crippen molar-refractivity contribution >= 4 is 46.0 Å². The van der Waals surface area contributed by atoms with Crippen molar-refractivity contribution in [3.05, 3.63) is 34.7 Å². The molecule has 1 aromatic rings. The van der Waals surface area contributed by atoms with Crippen LogP contribution in [0.4, 0.5) is 5.69 Å². The highest BCUT2D eigenvalue weighted by Crippen LogP contribution is 2.27. The Morgan fingerprint density at radius 3 is 2.33 bits per heavy atom. The molecule has 0 aromatic heterocycles. The highest BCUT2D eigenvalue weighted by atomic mass is 32.2. The maximum absolute atomic E-state index is 11.6. The van der Waals surface area contributed by atoms with Gasteiger partial charge in [-0.15, -0.1) is 0 Å². The highest BCUT2D eigenvalue weighted by Gasteiger charge is 2.21. The van der Waals surface area contributed by atoms with E-state index in [1.165, 1.54) is 43.1 Å². The summed E-state index contributed by atoms with van der Waals surface area (Å²) in [6, 6.07) is 8.44. The fraction of sp³-hybridized carbons (Fsp3) is 0.375. The summed E-state index contributed by atoms with van der Waals surface area (Å²) in [5.41, 5.74) is 2.31. The van der Waals surface area contributed by atoms with E-state index in [1.807, 2.05) is 6.08 Å². The standard InChI is InChI=1S/C16H18N2OS2/c19-15-14(21-16(20)17-15)11-12-5-7-13(8-6-12)18-9-3-1-2-4-10-18/h5-8,11H,1-4,9-10H2,(H,17,19,20)/b14-11-. The molecule has 0 aliphatic carbocycles. The van der Waals surface area contributed by atoms with E-state index >= 15 is 0 Å². The van der Waals surface area contributed by atoms with E-state index < -0.39 is 0 Å². The van der Waals surface area contributed by atoms with Gasteiger partial charge in [0.25, 0.3) is 5.91 Å². The lowest BCUT2D eigenvalue weighted by Gasteiger charge is -2.22. The Kier molecular flexibility index (Phi) is 4.60. The average molecular weight is 318 g/mol. The Morgan fingerprint density at radius 2 is 1.76 bits per heavy atom. The number of benzene rings is 1. The molecular formula is C16H18N2OS2. The number of carbonyl (C=O) groups excluding carboxylic acids is 1. The second kappa shape index (κ2) is 6.62. The van der Waals surface area contributed by atoms with Gasteiger partial charge in [0.05, 0.1) is 4.91 Å². The number of rotatable bonds is 2. The van der Waals surface area contributed by atoms with Crippen LogP contribution in [0.5, 0.6) is 0 Å². The van der Waals surface area contributed by atoms with Crippen molar-refractivity contribution in [2.24, 2.45) is 0 Å². The molecule has 0 saturated carbocycles. The number of hydrogen-bond acceptors (Lipinski definition) is 4. The van der Waals surface area contributed by atoms with Gasteiger partial charge in [-0.2, -0.15) is 0 Å². The Bertz CT molecular complexity index is 572. The van der Waals surface area contributed by atoms with Crippen molar-refractivity contribution in [3.63, 3.8) is 0 Å². The number of nitrogens with zero attached hydrogens (tertiary/aromatic N) is 1. The zero-order chi connectivity index (χ0) is 14.7. The molecule has 2 heterocycles. The first-order valence-electron chi connectivity index (χ1n) is 7.32. The molecule has 110 valence electrons. The molecule has 1 aromatic carbocycles. The van der Waals surface area contributed by atoms with E-state index in [0.717, 1.165) is 18.7 Å². The zero-order valence-electron chi connectivity index (χ0n) is 11.8. The number of anilines is 1. The first-order valence-corrected chi connectivity index (χ1v) is 8.55. The summed E-state index contributed by atoms with van der Waals surface area (Å²) < 4.78 is 0.535. The first kappa shape index (κ1) is 14.6. The third kappa shape index (κ3) is 3.66. The highest BCUT2D eigenvalue weighted by molar-refractivity contribution is 8.26. The van der Waals surface area contributed by atoms with Crippen molar-refractivity contribution < 1.29 is 4.79 Å². The van der Waals surface area contributed by atoms with Gasteiger partial charge in [-0.1, -0.05) is 49.0 Å². The normalized spacial score (nSPS) is 21.5. The lowest BCUT2D eigenvalue weighted by Crippen LogP contribution is -2.23. The number of carbonyl (C=O) groups is 1. The Morgan fingerprint density at radius 1 is 1.10 bits per heavy atom. The Labute approximate surface area is 134 Å². The molecule has 1 N–H and O–H groups in total. The molecule has 0 atom stereocenters. The van der Waals surface area contributed by atoms with Gasteiger partial charge in [0, 0.05) is 18.8 Å². The average Bonchev–Trinajstić information content (AvgIpc) is 2.71. The van der Waals surface area contributed by atoms with Crippen LogP contribution in [0.2, 0.25) is 0 Å². The number of thioether (sulfide) groups is 1. The molecule has 0 radical (unpaired) electrons. The Balaban J connectivity index is 1.73. The molecule has 3 rings (SSSR count). The van der Waals surface area contributed by atoms with E-state index in [1.54, 1.807) is 0 Å². The van der Waals surface area contributed by atoms with E-state index in [-0.39, 0.29) is 5.91 Å². The fourth-order valence-electron chi connectivity index (χ4n) is 2.68. The van der Waals surface area contributed by atoms with Gasteiger partial charge >= 0.3 is 0 Å². The topological polar surface area (TPSA) is 32.3 Å². The number of thiocarbonyl (C=S) groups is 1. The minimum Gasteiger partial charge on any atom is -0.372 e. The van der Waals surface area contributed by atoms with Crippen LogP contribution in [0, 0.1) is 0 Å². The summed E-state index contributed by atoms with van der Waals surface area (Å²) >= 11 is 6.32. The summed E-state index contributed by atoms with van der Waals surface area (Å²) in [6.45, 7) is 2.29. The number of amides is 1. The molecule has 5 heteroatoms. The molecule has 0 unspecified atom stereocenters. The lowest BCUT2D eigenvalue weighted by atomic mass is 10.1. The molecule has 2 aliphatic rings.